The molecule has 4 aromatic rings. The molecule has 0 spiro atoms. The van der Waals surface area contributed by atoms with Crippen molar-refractivity contribution in [3.05, 3.63) is 94.8 Å². The molecule has 0 aliphatic rings. The Labute approximate surface area is 177 Å². The van der Waals surface area contributed by atoms with E-state index < -0.39 is 11.8 Å². The molecule has 30 heavy (non-hydrogen) atoms. The smallest absolute Gasteiger partial charge is 0.267 e. The standard InChI is InChI=1S/C23H17ClN4O2/c1-14-6-7-16(13-25-14)22(29)27-28-23(30)19-12-21(15-8-10-17(24)11-9-15)26-20-5-3-2-4-18(19)20/h2-13H,1H3,(H,27,29)(H,28,30). The minimum Gasteiger partial charge on any atom is -0.267 e. The molecule has 2 aromatic carbocycles. The van der Waals surface area contributed by atoms with Gasteiger partial charge in [0.1, 0.15) is 0 Å². The Morgan fingerprint density at radius 1 is 0.900 bits per heavy atom. The summed E-state index contributed by atoms with van der Waals surface area (Å²) in [7, 11) is 0. The average molecular weight is 417 g/mol. The SMILES string of the molecule is Cc1ccc(C(=O)NNC(=O)c2cc(-c3ccc(Cl)cc3)nc3ccccc23)cn1. The molecule has 2 N–H and O–H groups in total. The summed E-state index contributed by atoms with van der Waals surface area (Å²) in [6, 6.07) is 19.6. The predicted octanol–water partition coefficient (Wildman–Crippen LogP) is 4.33. The molecule has 7 heteroatoms. The quantitative estimate of drug-likeness (QED) is 0.487. The zero-order valence-electron chi connectivity index (χ0n) is 16.0. The fourth-order valence-corrected chi connectivity index (χ4v) is 3.11. The van der Waals surface area contributed by atoms with E-state index in [0.29, 0.717) is 32.7 Å². The number of aromatic nitrogens is 2. The molecule has 0 aliphatic heterocycles. The van der Waals surface area contributed by atoms with Gasteiger partial charge in [0.05, 0.1) is 22.3 Å². The lowest BCUT2D eigenvalue weighted by molar-refractivity contribution is 0.0847. The Hall–Kier alpha value is -3.77. The van der Waals surface area contributed by atoms with E-state index in [1.807, 2.05) is 43.3 Å². The Morgan fingerprint density at radius 2 is 1.63 bits per heavy atom. The molecular weight excluding hydrogens is 400 g/mol. The van der Waals surface area contributed by atoms with Crippen LogP contribution in [0.3, 0.4) is 0 Å². The van der Waals surface area contributed by atoms with Gasteiger partial charge in [0.25, 0.3) is 11.8 Å². The van der Waals surface area contributed by atoms with E-state index in [4.69, 9.17) is 11.6 Å². The first-order valence-electron chi connectivity index (χ1n) is 9.20. The number of benzene rings is 2. The molecule has 6 nitrogen and oxygen atoms in total. The maximum Gasteiger partial charge on any atom is 0.271 e. The minimum atomic E-state index is -0.452. The van der Waals surface area contributed by atoms with Crippen LogP contribution < -0.4 is 10.9 Å². The third-order valence-electron chi connectivity index (χ3n) is 4.56. The highest BCUT2D eigenvalue weighted by molar-refractivity contribution is 6.30. The molecule has 0 saturated heterocycles. The number of fused-ring (bicyclic) bond motifs is 1. The largest absolute Gasteiger partial charge is 0.271 e. The van der Waals surface area contributed by atoms with Gasteiger partial charge in [0, 0.05) is 27.9 Å². The third-order valence-corrected chi connectivity index (χ3v) is 4.82. The van der Waals surface area contributed by atoms with Gasteiger partial charge in [0.15, 0.2) is 0 Å². The van der Waals surface area contributed by atoms with Crippen molar-refractivity contribution < 1.29 is 9.59 Å². The van der Waals surface area contributed by atoms with E-state index in [0.717, 1.165) is 11.3 Å². The number of amides is 2. The van der Waals surface area contributed by atoms with Crippen LogP contribution in [0.25, 0.3) is 22.2 Å². The Balaban J connectivity index is 1.63. The van der Waals surface area contributed by atoms with Crippen molar-refractivity contribution in [2.24, 2.45) is 0 Å². The van der Waals surface area contributed by atoms with E-state index in [9.17, 15) is 9.59 Å². The number of para-hydroxylation sites is 1. The molecule has 0 aliphatic carbocycles. The van der Waals surface area contributed by atoms with Gasteiger partial charge in [-0.15, -0.1) is 0 Å². The summed E-state index contributed by atoms with van der Waals surface area (Å²) in [6.07, 6.45) is 1.46. The third kappa shape index (κ3) is 4.14. The summed E-state index contributed by atoms with van der Waals surface area (Å²) in [5.41, 5.74) is 8.58. The van der Waals surface area contributed by atoms with Crippen LogP contribution in [0.15, 0.2) is 72.9 Å². The molecule has 2 heterocycles. The van der Waals surface area contributed by atoms with Crippen molar-refractivity contribution in [1.82, 2.24) is 20.8 Å². The highest BCUT2D eigenvalue weighted by Crippen LogP contribution is 2.25. The number of hydrogen-bond acceptors (Lipinski definition) is 4. The van der Waals surface area contributed by atoms with Crippen LogP contribution in [0.2, 0.25) is 5.02 Å². The highest BCUT2D eigenvalue weighted by atomic mass is 35.5. The molecule has 0 fully saturated rings. The number of aryl methyl sites for hydroxylation is 1. The van der Waals surface area contributed by atoms with Gasteiger partial charge < -0.3 is 0 Å². The lowest BCUT2D eigenvalue weighted by atomic mass is 10.0. The lowest BCUT2D eigenvalue weighted by Crippen LogP contribution is -2.41. The van der Waals surface area contributed by atoms with E-state index >= 15 is 0 Å². The number of nitrogens with one attached hydrogen (secondary N) is 2. The molecule has 0 saturated carbocycles. The number of halogens is 1. The van der Waals surface area contributed by atoms with Gasteiger partial charge in [-0.1, -0.05) is 41.9 Å². The van der Waals surface area contributed by atoms with E-state index in [2.05, 4.69) is 20.8 Å². The van der Waals surface area contributed by atoms with Crippen molar-refractivity contribution in [2.75, 3.05) is 0 Å². The molecule has 148 valence electrons. The van der Waals surface area contributed by atoms with Gasteiger partial charge >= 0.3 is 0 Å². The second-order valence-electron chi connectivity index (χ2n) is 6.68. The predicted molar refractivity (Wildman–Crippen MR) is 116 cm³/mol. The molecule has 0 unspecified atom stereocenters. The summed E-state index contributed by atoms with van der Waals surface area (Å²) >= 11 is 5.98. The first kappa shape index (κ1) is 19.5. The van der Waals surface area contributed by atoms with Crippen molar-refractivity contribution >= 4 is 34.3 Å². The number of pyridine rings is 2. The van der Waals surface area contributed by atoms with Crippen LogP contribution in [0, 0.1) is 6.92 Å². The molecular formula is C23H17ClN4O2. The number of nitrogens with zero attached hydrogens (tertiary/aromatic N) is 2. The highest BCUT2D eigenvalue weighted by Gasteiger charge is 2.15. The zero-order valence-corrected chi connectivity index (χ0v) is 16.8. The van der Waals surface area contributed by atoms with Crippen molar-refractivity contribution in [3.8, 4) is 11.3 Å². The maximum atomic E-state index is 12.9. The minimum absolute atomic E-state index is 0.349. The maximum absolute atomic E-state index is 12.9. The Kier molecular flexibility index (Phi) is 5.41. The van der Waals surface area contributed by atoms with Crippen LogP contribution in [-0.2, 0) is 0 Å². The average Bonchev–Trinajstić information content (AvgIpc) is 2.77. The topological polar surface area (TPSA) is 84.0 Å². The second kappa shape index (κ2) is 8.31. The van der Waals surface area contributed by atoms with Gasteiger partial charge in [0.2, 0.25) is 0 Å². The van der Waals surface area contributed by atoms with E-state index in [1.54, 1.807) is 30.3 Å². The summed E-state index contributed by atoms with van der Waals surface area (Å²) in [6.45, 7) is 1.83. The first-order chi connectivity index (χ1) is 14.5. The van der Waals surface area contributed by atoms with E-state index in [-0.39, 0.29) is 0 Å². The molecule has 2 amide bonds. The van der Waals surface area contributed by atoms with Crippen molar-refractivity contribution in [2.45, 2.75) is 6.92 Å². The second-order valence-corrected chi connectivity index (χ2v) is 7.11. The number of hydrazine groups is 1. The Morgan fingerprint density at radius 3 is 2.37 bits per heavy atom. The normalized spacial score (nSPS) is 10.6. The Bertz CT molecular complexity index is 1240. The number of hydrogen-bond donors (Lipinski definition) is 2. The van der Waals surface area contributed by atoms with Gasteiger partial charge in [-0.2, -0.15) is 0 Å². The molecule has 4 rings (SSSR count). The molecule has 2 aromatic heterocycles. The summed E-state index contributed by atoms with van der Waals surface area (Å²) in [4.78, 5) is 33.9. The number of rotatable bonds is 3. The van der Waals surface area contributed by atoms with Crippen LogP contribution in [-0.4, -0.2) is 21.8 Å². The first-order valence-corrected chi connectivity index (χ1v) is 9.58. The van der Waals surface area contributed by atoms with Crippen LogP contribution in [0.4, 0.5) is 0 Å². The lowest BCUT2D eigenvalue weighted by Gasteiger charge is -2.11. The van der Waals surface area contributed by atoms with E-state index in [1.165, 1.54) is 6.20 Å². The van der Waals surface area contributed by atoms with Crippen molar-refractivity contribution in [1.29, 1.82) is 0 Å². The monoisotopic (exact) mass is 416 g/mol. The molecule has 0 bridgehead atoms. The molecule has 0 radical (unpaired) electrons. The fraction of sp³-hybridized carbons (Fsp3) is 0.0435. The fourth-order valence-electron chi connectivity index (χ4n) is 2.99. The van der Waals surface area contributed by atoms with Gasteiger partial charge in [-0.3, -0.25) is 25.4 Å². The number of carbonyl (C=O) groups excluding carboxylic acids is 2. The van der Waals surface area contributed by atoms with Gasteiger partial charge in [-0.05, 0) is 43.3 Å². The zero-order chi connectivity index (χ0) is 21.1. The molecule has 0 atom stereocenters. The summed E-state index contributed by atoms with van der Waals surface area (Å²) < 4.78 is 0. The van der Waals surface area contributed by atoms with Crippen LogP contribution in [0.5, 0.6) is 0 Å². The summed E-state index contributed by atoms with van der Waals surface area (Å²) in [5, 5.41) is 1.30. The summed E-state index contributed by atoms with van der Waals surface area (Å²) in [5.74, 6) is -0.899. The van der Waals surface area contributed by atoms with Crippen LogP contribution >= 0.6 is 11.6 Å². The van der Waals surface area contributed by atoms with Crippen molar-refractivity contribution in [3.63, 3.8) is 0 Å². The van der Waals surface area contributed by atoms with Crippen LogP contribution in [0.1, 0.15) is 26.4 Å². The van der Waals surface area contributed by atoms with Gasteiger partial charge in [-0.25, -0.2) is 4.98 Å². The number of carbonyl (C=O) groups is 2.